The lowest BCUT2D eigenvalue weighted by Gasteiger charge is -2.24. The van der Waals surface area contributed by atoms with Gasteiger partial charge in [0.05, 0.1) is 5.69 Å². The van der Waals surface area contributed by atoms with Gasteiger partial charge in [0, 0.05) is 25.3 Å². The van der Waals surface area contributed by atoms with Gasteiger partial charge in [-0.3, -0.25) is 4.79 Å². The third kappa shape index (κ3) is 2.46. The molecule has 120 valence electrons. The highest BCUT2D eigenvalue weighted by atomic mass is 16.1. The minimum absolute atomic E-state index is 0.0815. The Hall–Kier alpha value is -2.10. The number of aryl methyl sites for hydroxylation is 1. The van der Waals surface area contributed by atoms with Crippen LogP contribution in [0.3, 0.4) is 0 Å². The molecule has 3 heterocycles. The molecule has 0 spiro atoms. The predicted molar refractivity (Wildman–Crippen MR) is 90.8 cm³/mol. The number of carbonyl (C=O) groups is 1. The maximum Gasteiger partial charge on any atom is 0.226 e. The Kier molecular flexibility index (Phi) is 3.47. The summed E-state index contributed by atoms with van der Waals surface area (Å²) < 4.78 is 2.21. The van der Waals surface area contributed by atoms with E-state index in [0.717, 1.165) is 30.3 Å². The van der Waals surface area contributed by atoms with Crippen molar-refractivity contribution >= 4 is 11.7 Å². The van der Waals surface area contributed by atoms with Gasteiger partial charge in [-0.1, -0.05) is 38.1 Å². The van der Waals surface area contributed by atoms with Crippen molar-refractivity contribution in [1.29, 1.82) is 0 Å². The summed E-state index contributed by atoms with van der Waals surface area (Å²) in [5, 5.41) is 3.06. The van der Waals surface area contributed by atoms with Gasteiger partial charge in [0.1, 0.15) is 11.6 Å². The highest BCUT2D eigenvalue weighted by molar-refractivity contribution is 5.94. The zero-order chi connectivity index (χ0) is 16.0. The number of imidazole rings is 1. The average Bonchev–Trinajstić information content (AvgIpc) is 2.93. The fourth-order valence-electron chi connectivity index (χ4n) is 3.73. The van der Waals surface area contributed by atoms with Crippen LogP contribution in [0.4, 0.5) is 5.82 Å². The number of rotatable bonds is 2. The van der Waals surface area contributed by atoms with Gasteiger partial charge in [-0.2, -0.15) is 0 Å². The molecule has 0 bridgehead atoms. The van der Waals surface area contributed by atoms with E-state index in [0.29, 0.717) is 12.3 Å². The maximum absolute atomic E-state index is 12.2. The molecule has 4 heteroatoms. The van der Waals surface area contributed by atoms with Crippen LogP contribution in [0.1, 0.15) is 67.6 Å². The Morgan fingerprint density at radius 2 is 2.00 bits per heavy atom. The van der Waals surface area contributed by atoms with E-state index in [2.05, 4.69) is 48.0 Å². The van der Waals surface area contributed by atoms with Crippen molar-refractivity contribution in [3.8, 4) is 0 Å². The van der Waals surface area contributed by atoms with Gasteiger partial charge < -0.3 is 9.88 Å². The maximum atomic E-state index is 12.2. The number of benzene rings is 1. The zero-order valence-electron chi connectivity index (χ0n) is 13.8. The van der Waals surface area contributed by atoms with E-state index in [4.69, 9.17) is 4.98 Å². The summed E-state index contributed by atoms with van der Waals surface area (Å²) in [6.45, 7) is 5.37. The van der Waals surface area contributed by atoms with Crippen molar-refractivity contribution in [2.75, 3.05) is 5.32 Å². The summed E-state index contributed by atoms with van der Waals surface area (Å²) in [6.07, 6.45) is 3.86. The fraction of sp³-hybridized carbons (Fsp3) is 0.474. The normalized spacial score (nSPS) is 20.1. The molecule has 4 nitrogen and oxygen atoms in total. The molecule has 1 atom stereocenters. The van der Waals surface area contributed by atoms with Crippen LogP contribution < -0.4 is 5.32 Å². The summed E-state index contributed by atoms with van der Waals surface area (Å²) in [5.74, 6) is 2.78. The van der Waals surface area contributed by atoms with Crippen LogP contribution in [0.2, 0.25) is 0 Å². The molecule has 0 radical (unpaired) electrons. The first-order valence-electron chi connectivity index (χ1n) is 8.62. The number of nitrogens with one attached hydrogen (secondary N) is 1. The van der Waals surface area contributed by atoms with Crippen LogP contribution in [0.15, 0.2) is 24.3 Å². The van der Waals surface area contributed by atoms with Crippen molar-refractivity contribution in [2.45, 2.75) is 57.9 Å². The highest BCUT2D eigenvalue weighted by Gasteiger charge is 2.33. The van der Waals surface area contributed by atoms with Crippen LogP contribution in [0.25, 0.3) is 0 Å². The molecule has 1 aromatic carbocycles. The Morgan fingerprint density at radius 3 is 2.74 bits per heavy atom. The second-order valence-corrected chi connectivity index (χ2v) is 7.00. The molecule has 1 amide bonds. The van der Waals surface area contributed by atoms with Gasteiger partial charge in [-0.05, 0) is 29.9 Å². The van der Waals surface area contributed by atoms with Gasteiger partial charge in [0.15, 0.2) is 0 Å². The van der Waals surface area contributed by atoms with Crippen molar-refractivity contribution in [2.24, 2.45) is 0 Å². The largest absolute Gasteiger partial charge is 0.314 e. The van der Waals surface area contributed by atoms with Gasteiger partial charge >= 0.3 is 0 Å². The molecule has 1 N–H and O–H groups in total. The summed E-state index contributed by atoms with van der Waals surface area (Å²) in [6, 6.07) is 8.70. The summed E-state index contributed by atoms with van der Waals surface area (Å²) in [5.41, 5.74) is 3.58. The average molecular weight is 309 g/mol. The number of anilines is 1. The number of hydrogen-bond acceptors (Lipinski definition) is 2. The highest BCUT2D eigenvalue weighted by Crippen LogP contribution is 2.38. The third-order valence-electron chi connectivity index (χ3n) is 5.09. The topological polar surface area (TPSA) is 46.9 Å². The number of amides is 1. The Balaban J connectivity index is 1.75. The lowest BCUT2D eigenvalue weighted by molar-refractivity contribution is -0.116. The molecular formula is C19H23N3O. The molecule has 0 aliphatic carbocycles. The Labute approximate surface area is 136 Å². The lowest BCUT2D eigenvalue weighted by atomic mass is 9.88. The molecular weight excluding hydrogens is 286 g/mol. The van der Waals surface area contributed by atoms with Crippen LogP contribution in [0.5, 0.6) is 0 Å². The SMILES string of the molecule is CC(C)c1ccc([C@@H]2CC(=O)Nc3c2nc2n3CCCC2)cc1. The Morgan fingerprint density at radius 1 is 1.22 bits per heavy atom. The molecule has 0 unspecified atom stereocenters. The van der Waals surface area contributed by atoms with Crippen molar-refractivity contribution in [3.63, 3.8) is 0 Å². The van der Waals surface area contributed by atoms with Gasteiger partial charge in [-0.15, -0.1) is 0 Å². The van der Waals surface area contributed by atoms with Gasteiger partial charge in [-0.25, -0.2) is 4.98 Å². The van der Waals surface area contributed by atoms with Crippen molar-refractivity contribution < 1.29 is 4.79 Å². The van der Waals surface area contributed by atoms with Gasteiger partial charge in [0.25, 0.3) is 0 Å². The molecule has 2 aromatic rings. The van der Waals surface area contributed by atoms with Gasteiger partial charge in [0.2, 0.25) is 5.91 Å². The fourth-order valence-corrected chi connectivity index (χ4v) is 3.73. The summed E-state index contributed by atoms with van der Waals surface area (Å²) in [7, 11) is 0. The zero-order valence-corrected chi connectivity index (χ0v) is 13.8. The number of fused-ring (bicyclic) bond motifs is 3. The van der Waals surface area contributed by atoms with E-state index in [1.165, 1.54) is 24.0 Å². The summed E-state index contributed by atoms with van der Waals surface area (Å²) >= 11 is 0. The molecule has 0 saturated heterocycles. The van der Waals surface area contributed by atoms with E-state index < -0.39 is 0 Å². The first-order chi connectivity index (χ1) is 11.1. The quantitative estimate of drug-likeness (QED) is 0.917. The van der Waals surface area contributed by atoms with E-state index in [1.807, 2.05) is 0 Å². The van der Waals surface area contributed by atoms with Crippen LogP contribution in [-0.2, 0) is 17.8 Å². The Bertz CT molecular complexity index is 743. The molecule has 0 saturated carbocycles. The number of carbonyl (C=O) groups excluding carboxylic acids is 1. The summed E-state index contributed by atoms with van der Waals surface area (Å²) in [4.78, 5) is 17.1. The van der Waals surface area contributed by atoms with E-state index >= 15 is 0 Å². The van der Waals surface area contributed by atoms with Crippen molar-refractivity contribution in [1.82, 2.24) is 9.55 Å². The molecule has 2 aliphatic heterocycles. The van der Waals surface area contributed by atoms with E-state index in [1.54, 1.807) is 0 Å². The first-order valence-corrected chi connectivity index (χ1v) is 8.62. The minimum atomic E-state index is 0.0815. The molecule has 2 aliphatic rings. The monoisotopic (exact) mass is 309 g/mol. The van der Waals surface area contributed by atoms with Crippen LogP contribution >= 0.6 is 0 Å². The van der Waals surface area contributed by atoms with Crippen LogP contribution in [-0.4, -0.2) is 15.5 Å². The molecule has 0 fully saturated rings. The predicted octanol–water partition coefficient (Wildman–Crippen LogP) is 3.82. The minimum Gasteiger partial charge on any atom is -0.314 e. The standard InChI is InChI=1S/C19H23N3O/c1-12(2)13-6-8-14(9-7-13)15-11-17(23)21-19-18(15)20-16-5-3-4-10-22(16)19/h6-9,12,15H,3-5,10-11H2,1-2H3,(H,21,23)/t15-/m0/s1. The second kappa shape index (κ2) is 5.52. The lowest BCUT2D eigenvalue weighted by Crippen LogP contribution is -2.25. The molecule has 1 aromatic heterocycles. The van der Waals surface area contributed by atoms with Crippen LogP contribution in [0, 0.1) is 0 Å². The number of hydrogen-bond donors (Lipinski definition) is 1. The smallest absolute Gasteiger partial charge is 0.226 e. The number of aromatic nitrogens is 2. The first kappa shape index (κ1) is 14.5. The number of nitrogens with zero attached hydrogens (tertiary/aromatic N) is 2. The molecule has 23 heavy (non-hydrogen) atoms. The molecule has 4 rings (SSSR count). The van der Waals surface area contributed by atoms with E-state index in [9.17, 15) is 4.79 Å². The third-order valence-corrected chi connectivity index (χ3v) is 5.09. The van der Waals surface area contributed by atoms with E-state index in [-0.39, 0.29) is 11.8 Å². The second-order valence-electron chi connectivity index (χ2n) is 7.00. The van der Waals surface area contributed by atoms with Crippen molar-refractivity contribution in [3.05, 3.63) is 46.9 Å².